The van der Waals surface area contributed by atoms with Gasteiger partial charge in [0, 0.05) is 11.3 Å². The molecule has 0 aliphatic carbocycles. The van der Waals surface area contributed by atoms with Gasteiger partial charge in [-0.3, -0.25) is 9.36 Å². The summed E-state index contributed by atoms with van der Waals surface area (Å²) in [5, 5.41) is 18.1. The third-order valence-corrected chi connectivity index (χ3v) is 4.47. The lowest BCUT2D eigenvalue weighted by molar-refractivity contribution is -0.136. The summed E-state index contributed by atoms with van der Waals surface area (Å²) in [5.74, 6) is 0.957. The van der Waals surface area contributed by atoms with E-state index in [0.717, 1.165) is 11.3 Å². The van der Waals surface area contributed by atoms with Crippen molar-refractivity contribution >= 4 is 17.7 Å². The number of para-hydroxylation sites is 2. The summed E-state index contributed by atoms with van der Waals surface area (Å²) in [6, 6.07) is 17.3. The average molecular weight is 355 g/mol. The van der Waals surface area contributed by atoms with Crippen LogP contribution in [0.3, 0.4) is 0 Å². The van der Waals surface area contributed by atoms with Crippen LogP contribution in [0.5, 0.6) is 5.75 Å². The van der Waals surface area contributed by atoms with E-state index in [4.69, 9.17) is 9.84 Å². The van der Waals surface area contributed by atoms with Gasteiger partial charge in [0.05, 0.1) is 19.2 Å². The Morgan fingerprint density at radius 2 is 1.84 bits per heavy atom. The van der Waals surface area contributed by atoms with Crippen LogP contribution in [0.4, 0.5) is 0 Å². The second kappa shape index (κ2) is 7.85. The maximum atomic E-state index is 10.8. The van der Waals surface area contributed by atoms with Crippen molar-refractivity contribution in [3.63, 3.8) is 0 Å². The van der Waals surface area contributed by atoms with E-state index >= 15 is 0 Å². The van der Waals surface area contributed by atoms with E-state index in [1.54, 1.807) is 7.11 Å². The van der Waals surface area contributed by atoms with Gasteiger partial charge in [0.1, 0.15) is 5.75 Å². The van der Waals surface area contributed by atoms with Gasteiger partial charge in [-0.05, 0) is 12.1 Å². The van der Waals surface area contributed by atoms with E-state index in [2.05, 4.69) is 10.2 Å². The number of rotatable bonds is 7. The molecule has 1 heterocycles. The van der Waals surface area contributed by atoms with Crippen LogP contribution in [0.15, 0.2) is 59.8 Å². The molecule has 0 unspecified atom stereocenters. The maximum Gasteiger partial charge on any atom is 0.304 e. The normalized spacial score (nSPS) is 10.6. The highest BCUT2D eigenvalue weighted by molar-refractivity contribution is 7.99. The fraction of sp³-hybridized carbons (Fsp3) is 0.167. The smallest absolute Gasteiger partial charge is 0.304 e. The molecule has 128 valence electrons. The first kappa shape index (κ1) is 17.0. The first-order chi connectivity index (χ1) is 12.2. The molecule has 0 saturated carbocycles. The highest BCUT2D eigenvalue weighted by atomic mass is 32.2. The number of ether oxygens (including phenoxy) is 1. The number of aromatic nitrogens is 3. The topological polar surface area (TPSA) is 77.2 Å². The highest BCUT2D eigenvalue weighted by Crippen LogP contribution is 2.32. The van der Waals surface area contributed by atoms with Crippen molar-refractivity contribution in [3.8, 4) is 22.8 Å². The van der Waals surface area contributed by atoms with Crippen molar-refractivity contribution in [2.24, 2.45) is 0 Å². The monoisotopic (exact) mass is 355 g/mol. The van der Waals surface area contributed by atoms with Gasteiger partial charge in [-0.2, -0.15) is 0 Å². The average Bonchev–Trinajstić information content (AvgIpc) is 3.05. The number of carbonyl (C=O) groups is 1. The fourth-order valence-corrected chi connectivity index (χ4v) is 3.27. The molecule has 1 N–H and O–H groups in total. The molecule has 0 fully saturated rings. The number of benzene rings is 2. The lowest BCUT2D eigenvalue weighted by atomic mass is 10.2. The van der Waals surface area contributed by atoms with Crippen molar-refractivity contribution in [1.29, 1.82) is 0 Å². The van der Waals surface area contributed by atoms with Gasteiger partial charge in [0.15, 0.2) is 11.0 Å². The molecule has 0 aliphatic rings. The molecule has 6 nitrogen and oxygen atoms in total. The van der Waals surface area contributed by atoms with Crippen LogP contribution in [0.1, 0.15) is 6.42 Å². The molecule has 0 amide bonds. The van der Waals surface area contributed by atoms with Gasteiger partial charge < -0.3 is 9.84 Å². The number of hydrogen-bond donors (Lipinski definition) is 1. The van der Waals surface area contributed by atoms with E-state index in [1.807, 2.05) is 59.2 Å². The number of carboxylic acids is 1. The second-order valence-corrected chi connectivity index (χ2v) is 6.23. The molecular formula is C18H17N3O3S. The van der Waals surface area contributed by atoms with Crippen molar-refractivity contribution in [2.75, 3.05) is 12.9 Å². The molecule has 25 heavy (non-hydrogen) atoms. The molecule has 1 aromatic heterocycles. The molecule has 0 saturated heterocycles. The Kier molecular flexibility index (Phi) is 5.35. The Labute approximate surface area is 149 Å². The number of hydrogen-bond acceptors (Lipinski definition) is 5. The largest absolute Gasteiger partial charge is 0.495 e. The Morgan fingerprint density at radius 3 is 2.56 bits per heavy atom. The summed E-state index contributed by atoms with van der Waals surface area (Å²) in [7, 11) is 1.61. The van der Waals surface area contributed by atoms with Crippen molar-refractivity contribution in [2.45, 2.75) is 11.6 Å². The minimum atomic E-state index is -0.834. The van der Waals surface area contributed by atoms with Crippen LogP contribution in [0.25, 0.3) is 17.1 Å². The second-order valence-electron chi connectivity index (χ2n) is 5.17. The van der Waals surface area contributed by atoms with E-state index < -0.39 is 5.97 Å². The van der Waals surface area contributed by atoms with Crippen molar-refractivity contribution in [3.05, 3.63) is 54.6 Å². The number of carboxylic acid groups (broad SMARTS) is 1. The zero-order chi connectivity index (χ0) is 17.6. The highest BCUT2D eigenvalue weighted by Gasteiger charge is 2.18. The summed E-state index contributed by atoms with van der Waals surface area (Å²) in [6.07, 6.45) is 0.0596. The number of methoxy groups -OCH3 is 1. The van der Waals surface area contributed by atoms with Gasteiger partial charge in [-0.1, -0.05) is 54.2 Å². The lowest BCUT2D eigenvalue weighted by Gasteiger charge is -2.13. The van der Waals surface area contributed by atoms with E-state index in [-0.39, 0.29) is 6.42 Å². The first-order valence-corrected chi connectivity index (χ1v) is 8.68. The van der Waals surface area contributed by atoms with Crippen LogP contribution in [-0.4, -0.2) is 38.7 Å². The Morgan fingerprint density at radius 1 is 1.12 bits per heavy atom. The standard InChI is InChI=1S/C18H17N3O3S/c1-24-15-10-6-5-9-14(15)21-17(13-7-3-2-4-8-13)19-20-18(21)25-12-11-16(22)23/h2-10H,11-12H2,1H3,(H,22,23). The Bertz CT molecular complexity index is 865. The van der Waals surface area contributed by atoms with Gasteiger partial charge in [-0.25, -0.2) is 0 Å². The molecular weight excluding hydrogens is 338 g/mol. The zero-order valence-electron chi connectivity index (χ0n) is 13.6. The Hall–Kier alpha value is -2.80. The van der Waals surface area contributed by atoms with Crippen molar-refractivity contribution < 1.29 is 14.6 Å². The maximum absolute atomic E-state index is 10.8. The molecule has 2 aromatic carbocycles. The third-order valence-electron chi connectivity index (χ3n) is 3.54. The third kappa shape index (κ3) is 3.83. The predicted octanol–water partition coefficient (Wildman–Crippen LogP) is 3.51. The lowest BCUT2D eigenvalue weighted by Crippen LogP contribution is -2.03. The van der Waals surface area contributed by atoms with Crippen molar-refractivity contribution in [1.82, 2.24) is 14.8 Å². The number of aliphatic carboxylic acids is 1. The molecule has 0 radical (unpaired) electrons. The minimum Gasteiger partial charge on any atom is -0.495 e. The van der Waals surface area contributed by atoms with E-state index in [9.17, 15) is 4.79 Å². The molecule has 0 atom stereocenters. The van der Waals surface area contributed by atoms with Crippen LogP contribution >= 0.6 is 11.8 Å². The van der Waals surface area contributed by atoms with Crippen LogP contribution in [0, 0.1) is 0 Å². The molecule has 0 bridgehead atoms. The number of thioether (sulfide) groups is 1. The van der Waals surface area contributed by atoms with Crippen LogP contribution in [-0.2, 0) is 4.79 Å². The summed E-state index contributed by atoms with van der Waals surface area (Å²) in [6.45, 7) is 0. The minimum absolute atomic E-state index is 0.0596. The van der Waals surface area contributed by atoms with Gasteiger partial charge in [-0.15, -0.1) is 10.2 Å². The molecule has 3 rings (SSSR count). The van der Waals surface area contributed by atoms with Crippen LogP contribution in [0.2, 0.25) is 0 Å². The zero-order valence-corrected chi connectivity index (χ0v) is 14.4. The molecule has 0 spiro atoms. The predicted molar refractivity (Wildman–Crippen MR) is 96.3 cm³/mol. The van der Waals surface area contributed by atoms with Gasteiger partial charge >= 0.3 is 5.97 Å². The molecule has 3 aromatic rings. The summed E-state index contributed by atoms with van der Waals surface area (Å²) in [4.78, 5) is 10.8. The first-order valence-electron chi connectivity index (χ1n) is 7.69. The van der Waals surface area contributed by atoms with Gasteiger partial charge in [0.25, 0.3) is 0 Å². The quantitative estimate of drug-likeness (QED) is 0.654. The summed E-state index contributed by atoms with van der Waals surface area (Å²) < 4.78 is 7.38. The summed E-state index contributed by atoms with van der Waals surface area (Å²) >= 11 is 1.36. The van der Waals surface area contributed by atoms with Gasteiger partial charge in [0.2, 0.25) is 0 Å². The van der Waals surface area contributed by atoms with Crippen LogP contribution < -0.4 is 4.74 Å². The Balaban J connectivity index is 2.08. The fourth-order valence-electron chi connectivity index (χ4n) is 2.40. The van der Waals surface area contributed by atoms with E-state index in [1.165, 1.54) is 11.8 Å². The summed E-state index contributed by atoms with van der Waals surface area (Å²) in [5.41, 5.74) is 1.73. The molecule has 0 aliphatic heterocycles. The number of nitrogens with zero attached hydrogens (tertiary/aromatic N) is 3. The molecule has 7 heteroatoms. The SMILES string of the molecule is COc1ccccc1-n1c(SCCC(=O)O)nnc1-c1ccccc1. The van der Waals surface area contributed by atoms with E-state index in [0.29, 0.717) is 22.5 Å².